The number of nitrogens with zero attached hydrogens (tertiary/aromatic N) is 2. The standard InChI is InChI=1S/C9H6N2O2/c12-5-8-6-13-9(11-8)7-1-3-10-4-2-7/h1-6H. The molecule has 13 heavy (non-hydrogen) atoms. The predicted molar refractivity (Wildman–Crippen MR) is 45.1 cm³/mol. The molecule has 0 aromatic carbocycles. The van der Waals surface area contributed by atoms with E-state index in [1.807, 2.05) is 0 Å². The summed E-state index contributed by atoms with van der Waals surface area (Å²) in [6.45, 7) is 0. The van der Waals surface area contributed by atoms with Crippen LogP contribution in [-0.4, -0.2) is 16.3 Å². The molecule has 0 aliphatic carbocycles. The van der Waals surface area contributed by atoms with Crippen molar-refractivity contribution in [3.8, 4) is 11.5 Å². The van der Waals surface area contributed by atoms with Gasteiger partial charge in [-0.15, -0.1) is 0 Å². The van der Waals surface area contributed by atoms with E-state index in [4.69, 9.17) is 4.42 Å². The van der Waals surface area contributed by atoms with Crippen LogP contribution in [-0.2, 0) is 0 Å². The van der Waals surface area contributed by atoms with Crippen LogP contribution in [0.3, 0.4) is 0 Å². The molecule has 0 atom stereocenters. The zero-order valence-corrected chi connectivity index (χ0v) is 6.68. The number of rotatable bonds is 2. The van der Waals surface area contributed by atoms with Crippen molar-refractivity contribution in [2.24, 2.45) is 0 Å². The first-order chi connectivity index (χ1) is 6.40. The summed E-state index contributed by atoms with van der Waals surface area (Å²) in [4.78, 5) is 18.1. The fourth-order valence-electron chi connectivity index (χ4n) is 0.967. The highest BCUT2D eigenvalue weighted by Crippen LogP contribution is 2.16. The molecular formula is C9H6N2O2. The molecule has 0 unspecified atom stereocenters. The third kappa shape index (κ3) is 1.46. The summed E-state index contributed by atoms with van der Waals surface area (Å²) in [6.07, 6.45) is 5.25. The van der Waals surface area contributed by atoms with Gasteiger partial charge in [0.1, 0.15) is 12.0 Å². The number of hydrogen-bond acceptors (Lipinski definition) is 4. The second-order valence-electron chi connectivity index (χ2n) is 2.43. The average Bonchev–Trinajstić information content (AvgIpc) is 2.67. The van der Waals surface area contributed by atoms with Crippen molar-refractivity contribution in [2.45, 2.75) is 0 Å². The normalized spacial score (nSPS) is 9.85. The van der Waals surface area contributed by atoms with Gasteiger partial charge in [-0.05, 0) is 12.1 Å². The molecule has 0 saturated carbocycles. The molecular weight excluding hydrogens is 168 g/mol. The van der Waals surface area contributed by atoms with Gasteiger partial charge in [0.25, 0.3) is 0 Å². The lowest BCUT2D eigenvalue weighted by Gasteiger charge is -1.90. The quantitative estimate of drug-likeness (QED) is 0.648. The maximum Gasteiger partial charge on any atom is 0.226 e. The Morgan fingerprint density at radius 3 is 2.69 bits per heavy atom. The van der Waals surface area contributed by atoms with E-state index < -0.39 is 0 Å². The minimum atomic E-state index is 0.298. The lowest BCUT2D eigenvalue weighted by Crippen LogP contribution is -1.80. The highest BCUT2D eigenvalue weighted by atomic mass is 16.3. The minimum Gasteiger partial charge on any atom is -0.444 e. The Kier molecular flexibility index (Phi) is 1.88. The van der Waals surface area contributed by atoms with E-state index >= 15 is 0 Å². The van der Waals surface area contributed by atoms with Crippen molar-refractivity contribution in [1.29, 1.82) is 0 Å². The molecule has 0 aliphatic rings. The summed E-state index contributed by atoms with van der Waals surface area (Å²) in [7, 11) is 0. The van der Waals surface area contributed by atoms with Gasteiger partial charge < -0.3 is 4.42 Å². The maximum atomic E-state index is 10.3. The highest BCUT2D eigenvalue weighted by molar-refractivity contribution is 5.72. The van der Waals surface area contributed by atoms with Gasteiger partial charge in [-0.3, -0.25) is 9.78 Å². The van der Waals surface area contributed by atoms with Crippen molar-refractivity contribution in [3.05, 3.63) is 36.5 Å². The molecule has 4 nitrogen and oxygen atoms in total. The van der Waals surface area contributed by atoms with Crippen LogP contribution in [0.5, 0.6) is 0 Å². The minimum absolute atomic E-state index is 0.298. The van der Waals surface area contributed by atoms with E-state index in [0.29, 0.717) is 17.9 Å². The Balaban J connectivity index is 2.41. The Labute approximate surface area is 74.2 Å². The maximum absolute atomic E-state index is 10.3. The Hall–Kier alpha value is -1.97. The number of carbonyl (C=O) groups is 1. The number of hydrogen-bond donors (Lipinski definition) is 0. The second kappa shape index (κ2) is 3.18. The van der Waals surface area contributed by atoms with Gasteiger partial charge in [0.15, 0.2) is 6.29 Å². The van der Waals surface area contributed by atoms with Gasteiger partial charge in [0.2, 0.25) is 5.89 Å². The molecule has 64 valence electrons. The summed E-state index contributed by atoms with van der Waals surface area (Å²) in [5.41, 5.74) is 1.11. The third-order valence-corrected chi connectivity index (χ3v) is 1.57. The molecule has 0 N–H and O–H groups in total. The zero-order chi connectivity index (χ0) is 9.10. The number of aldehydes is 1. The van der Waals surface area contributed by atoms with Crippen LogP contribution in [0.4, 0.5) is 0 Å². The average molecular weight is 174 g/mol. The van der Waals surface area contributed by atoms with Gasteiger partial charge in [-0.1, -0.05) is 0 Å². The van der Waals surface area contributed by atoms with Crippen LogP contribution >= 0.6 is 0 Å². The lowest BCUT2D eigenvalue weighted by atomic mass is 10.3. The topological polar surface area (TPSA) is 56.0 Å². The summed E-state index contributed by atoms with van der Waals surface area (Å²) in [6, 6.07) is 3.53. The number of carbonyl (C=O) groups excluding carboxylic acids is 1. The third-order valence-electron chi connectivity index (χ3n) is 1.57. The predicted octanol–water partition coefficient (Wildman–Crippen LogP) is 1.55. The number of oxazole rings is 1. The van der Waals surface area contributed by atoms with Crippen molar-refractivity contribution >= 4 is 6.29 Å². The molecule has 4 heteroatoms. The van der Waals surface area contributed by atoms with Gasteiger partial charge in [0, 0.05) is 18.0 Å². The summed E-state index contributed by atoms with van der Waals surface area (Å²) in [5.74, 6) is 0.435. The summed E-state index contributed by atoms with van der Waals surface area (Å²) < 4.78 is 5.07. The Bertz CT molecular complexity index is 409. The monoisotopic (exact) mass is 174 g/mol. The van der Waals surface area contributed by atoms with E-state index in [1.54, 1.807) is 24.5 Å². The molecule has 2 heterocycles. The SMILES string of the molecule is O=Cc1coc(-c2ccncc2)n1. The lowest BCUT2D eigenvalue weighted by molar-refractivity contribution is 0.111. The van der Waals surface area contributed by atoms with E-state index in [0.717, 1.165) is 5.56 Å². The van der Waals surface area contributed by atoms with Crippen LogP contribution in [0.15, 0.2) is 35.2 Å². The van der Waals surface area contributed by atoms with E-state index in [9.17, 15) is 4.79 Å². The summed E-state index contributed by atoms with van der Waals surface area (Å²) in [5, 5.41) is 0. The van der Waals surface area contributed by atoms with Crippen LogP contribution in [0.25, 0.3) is 11.5 Å². The van der Waals surface area contributed by atoms with Crippen molar-refractivity contribution in [2.75, 3.05) is 0 Å². The van der Waals surface area contributed by atoms with Crippen LogP contribution in [0.1, 0.15) is 10.5 Å². The first kappa shape index (κ1) is 7.67. The molecule has 2 aromatic rings. The van der Waals surface area contributed by atoms with Crippen LogP contribution in [0, 0.1) is 0 Å². The van der Waals surface area contributed by atoms with Crippen molar-refractivity contribution < 1.29 is 9.21 Å². The van der Waals surface area contributed by atoms with Gasteiger partial charge in [0.05, 0.1) is 0 Å². The molecule has 0 bridgehead atoms. The smallest absolute Gasteiger partial charge is 0.226 e. The molecule has 2 rings (SSSR count). The fourth-order valence-corrected chi connectivity index (χ4v) is 0.967. The molecule has 0 radical (unpaired) electrons. The van der Waals surface area contributed by atoms with E-state index in [1.165, 1.54) is 6.26 Å². The molecule has 0 aliphatic heterocycles. The first-order valence-electron chi connectivity index (χ1n) is 3.71. The van der Waals surface area contributed by atoms with Crippen molar-refractivity contribution in [1.82, 2.24) is 9.97 Å². The van der Waals surface area contributed by atoms with Crippen LogP contribution < -0.4 is 0 Å². The molecule has 0 amide bonds. The number of aromatic nitrogens is 2. The summed E-state index contributed by atoms with van der Waals surface area (Å²) >= 11 is 0. The second-order valence-corrected chi connectivity index (χ2v) is 2.43. The Morgan fingerprint density at radius 2 is 2.08 bits per heavy atom. The first-order valence-corrected chi connectivity index (χ1v) is 3.71. The number of pyridine rings is 1. The molecule has 2 aromatic heterocycles. The highest BCUT2D eigenvalue weighted by Gasteiger charge is 2.04. The van der Waals surface area contributed by atoms with Gasteiger partial charge in [-0.2, -0.15) is 0 Å². The Morgan fingerprint density at radius 1 is 1.31 bits per heavy atom. The largest absolute Gasteiger partial charge is 0.444 e. The van der Waals surface area contributed by atoms with Crippen LogP contribution in [0.2, 0.25) is 0 Å². The fraction of sp³-hybridized carbons (Fsp3) is 0. The zero-order valence-electron chi connectivity index (χ0n) is 6.68. The van der Waals surface area contributed by atoms with Gasteiger partial charge in [-0.25, -0.2) is 4.98 Å². The van der Waals surface area contributed by atoms with E-state index in [-0.39, 0.29) is 0 Å². The van der Waals surface area contributed by atoms with E-state index in [2.05, 4.69) is 9.97 Å². The molecule has 0 spiro atoms. The molecule has 0 fully saturated rings. The van der Waals surface area contributed by atoms with Gasteiger partial charge >= 0.3 is 0 Å². The molecule has 0 saturated heterocycles. The van der Waals surface area contributed by atoms with Crippen molar-refractivity contribution in [3.63, 3.8) is 0 Å².